The highest BCUT2D eigenvalue weighted by atomic mass is 32.2. The Bertz CT molecular complexity index is 298. The number of piperidine rings is 2. The van der Waals surface area contributed by atoms with E-state index in [2.05, 4.69) is 11.9 Å². The third-order valence-corrected chi connectivity index (χ3v) is 5.50. The number of nitrogens with zero attached hydrogens (tertiary/aromatic N) is 1. The molecule has 0 aromatic carbocycles. The molecule has 4 heteroatoms. The number of hydrogen-bond acceptors (Lipinski definition) is 3. The lowest BCUT2D eigenvalue weighted by molar-refractivity contribution is 0.0691. The molecule has 0 aromatic heterocycles. The Morgan fingerprint density at radius 1 is 1.14 bits per heavy atom. The predicted octanol–water partition coefficient (Wildman–Crippen LogP) is 1.05. The SMILES string of the molecule is CN1C2CCCC1CC(S(C)(=O)=O)C2. The van der Waals surface area contributed by atoms with E-state index in [1.165, 1.54) is 25.5 Å². The number of fused-ring (bicyclic) bond motifs is 2. The van der Waals surface area contributed by atoms with E-state index in [1.807, 2.05) is 0 Å². The molecule has 2 unspecified atom stereocenters. The van der Waals surface area contributed by atoms with Crippen molar-refractivity contribution in [2.24, 2.45) is 0 Å². The van der Waals surface area contributed by atoms with Gasteiger partial charge in [0.25, 0.3) is 0 Å². The maximum atomic E-state index is 11.5. The number of hydrogen-bond donors (Lipinski definition) is 0. The third-order valence-electron chi connectivity index (χ3n) is 3.90. The Morgan fingerprint density at radius 2 is 1.64 bits per heavy atom. The molecular formula is C10H19NO2S. The van der Waals surface area contributed by atoms with E-state index in [1.54, 1.807) is 0 Å². The van der Waals surface area contributed by atoms with Crippen molar-refractivity contribution in [3.8, 4) is 0 Å². The Labute approximate surface area is 86.4 Å². The van der Waals surface area contributed by atoms with Gasteiger partial charge in [-0.3, -0.25) is 0 Å². The Morgan fingerprint density at radius 3 is 2.07 bits per heavy atom. The van der Waals surface area contributed by atoms with Crippen molar-refractivity contribution in [2.75, 3.05) is 13.3 Å². The summed E-state index contributed by atoms with van der Waals surface area (Å²) in [6, 6.07) is 1.03. The first-order valence-corrected chi connectivity index (χ1v) is 7.34. The molecule has 2 aliphatic rings. The lowest BCUT2D eigenvalue weighted by atomic mass is 9.85. The molecule has 0 saturated carbocycles. The average molecular weight is 217 g/mol. The fourth-order valence-corrected chi connectivity index (χ4v) is 4.06. The van der Waals surface area contributed by atoms with E-state index in [-0.39, 0.29) is 5.25 Å². The van der Waals surface area contributed by atoms with Crippen LogP contribution in [-0.2, 0) is 9.84 Å². The maximum Gasteiger partial charge on any atom is 0.150 e. The second kappa shape index (κ2) is 3.49. The van der Waals surface area contributed by atoms with Gasteiger partial charge in [0, 0.05) is 18.3 Å². The summed E-state index contributed by atoms with van der Waals surface area (Å²) in [6.45, 7) is 0. The van der Waals surface area contributed by atoms with Gasteiger partial charge in [-0.1, -0.05) is 6.42 Å². The van der Waals surface area contributed by atoms with Crippen molar-refractivity contribution in [2.45, 2.75) is 49.4 Å². The number of sulfone groups is 1. The summed E-state index contributed by atoms with van der Waals surface area (Å²) in [5.74, 6) is 0. The fraction of sp³-hybridized carbons (Fsp3) is 1.00. The minimum absolute atomic E-state index is 0.0750. The Hall–Kier alpha value is -0.0900. The van der Waals surface area contributed by atoms with E-state index in [0.717, 1.165) is 12.8 Å². The quantitative estimate of drug-likeness (QED) is 0.659. The third kappa shape index (κ3) is 1.82. The van der Waals surface area contributed by atoms with E-state index in [0.29, 0.717) is 12.1 Å². The highest BCUT2D eigenvalue weighted by molar-refractivity contribution is 7.91. The molecule has 0 aromatic rings. The van der Waals surface area contributed by atoms with Crippen molar-refractivity contribution in [3.63, 3.8) is 0 Å². The molecule has 2 saturated heterocycles. The average Bonchev–Trinajstić information content (AvgIpc) is 2.00. The van der Waals surface area contributed by atoms with Gasteiger partial charge in [0.15, 0.2) is 0 Å². The van der Waals surface area contributed by atoms with Gasteiger partial charge in [-0.05, 0) is 32.7 Å². The number of rotatable bonds is 1. The van der Waals surface area contributed by atoms with Crippen LogP contribution in [-0.4, -0.2) is 44.0 Å². The van der Waals surface area contributed by atoms with Crippen LogP contribution in [0.15, 0.2) is 0 Å². The van der Waals surface area contributed by atoms with Crippen LogP contribution in [0.3, 0.4) is 0 Å². The summed E-state index contributed by atoms with van der Waals surface area (Å²) in [6.07, 6.45) is 6.73. The zero-order chi connectivity index (χ0) is 10.3. The van der Waals surface area contributed by atoms with Gasteiger partial charge in [0.1, 0.15) is 9.84 Å². The second-order valence-electron chi connectivity index (χ2n) is 4.83. The predicted molar refractivity (Wildman–Crippen MR) is 57.1 cm³/mol. The van der Waals surface area contributed by atoms with Crippen molar-refractivity contribution in [3.05, 3.63) is 0 Å². The van der Waals surface area contributed by atoms with Crippen LogP contribution in [0.25, 0.3) is 0 Å². The van der Waals surface area contributed by atoms with Gasteiger partial charge in [-0.2, -0.15) is 0 Å². The molecule has 0 spiro atoms. The standard InChI is InChI=1S/C10H19NO2S/c1-11-8-4-3-5-9(11)7-10(6-8)14(2,12)13/h8-10H,3-7H2,1-2H3. The van der Waals surface area contributed by atoms with Gasteiger partial charge in [0.05, 0.1) is 5.25 Å². The van der Waals surface area contributed by atoms with E-state index in [4.69, 9.17) is 0 Å². The van der Waals surface area contributed by atoms with E-state index in [9.17, 15) is 8.42 Å². The van der Waals surface area contributed by atoms with Gasteiger partial charge in [-0.15, -0.1) is 0 Å². The van der Waals surface area contributed by atoms with Crippen molar-refractivity contribution < 1.29 is 8.42 Å². The van der Waals surface area contributed by atoms with Gasteiger partial charge < -0.3 is 4.90 Å². The summed E-state index contributed by atoms with van der Waals surface area (Å²) < 4.78 is 23.0. The molecule has 0 amide bonds. The van der Waals surface area contributed by atoms with Crippen LogP contribution in [0, 0.1) is 0 Å². The zero-order valence-electron chi connectivity index (χ0n) is 8.94. The van der Waals surface area contributed by atoms with Crippen LogP contribution in [0.4, 0.5) is 0 Å². The molecule has 2 fully saturated rings. The topological polar surface area (TPSA) is 37.4 Å². The molecule has 14 heavy (non-hydrogen) atoms. The van der Waals surface area contributed by atoms with Crippen LogP contribution < -0.4 is 0 Å². The molecule has 82 valence electrons. The Kier molecular flexibility index (Phi) is 2.60. The van der Waals surface area contributed by atoms with Gasteiger partial charge in [-0.25, -0.2) is 8.42 Å². The molecule has 2 atom stereocenters. The van der Waals surface area contributed by atoms with E-state index < -0.39 is 9.84 Å². The summed E-state index contributed by atoms with van der Waals surface area (Å²) in [5.41, 5.74) is 0. The van der Waals surface area contributed by atoms with Crippen LogP contribution in [0.1, 0.15) is 32.1 Å². The molecule has 0 N–H and O–H groups in total. The molecule has 2 heterocycles. The van der Waals surface area contributed by atoms with Crippen molar-refractivity contribution >= 4 is 9.84 Å². The highest BCUT2D eigenvalue weighted by Gasteiger charge is 2.39. The summed E-state index contributed by atoms with van der Waals surface area (Å²) in [7, 11) is -0.672. The van der Waals surface area contributed by atoms with Crippen LogP contribution in [0.2, 0.25) is 0 Å². The lowest BCUT2D eigenvalue weighted by Gasteiger charge is -2.46. The van der Waals surface area contributed by atoms with Crippen LogP contribution >= 0.6 is 0 Å². The monoisotopic (exact) mass is 217 g/mol. The molecule has 0 radical (unpaired) electrons. The molecule has 2 rings (SSSR count). The fourth-order valence-electron chi connectivity index (χ4n) is 2.92. The van der Waals surface area contributed by atoms with Crippen molar-refractivity contribution in [1.29, 1.82) is 0 Å². The van der Waals surface area contributed by atoms with Crippen LogP contribution in [0.5, 0.6) is 0 Å². The first-order chi connectivity index (χ1) is 6.48. The summed E-state index contributed by atoms with van der Waals surface area (Å²) in [5, 5.41) is -0.0750. The lowest BCUT2D eigenvalue weighted by Crippen LogP contribution is -2.52. The smallest absolute Gasteiger partial charge is 0.150 e. The minimum atomic E-state index is -2.82. The first-order valence-electron chi connectivity index (χ1n) is 5.39. The largest absolute Gasteiger partial charge is 0.300 e. The normalized spacial score (nSPS) is 39.7. The molecular weight excluding hydrogens is 198 g/mol. The second-order valence-corrected chi connectivity index (χ2v) is 7.15. The van der Waals surface area contributed by atoms with Gasteiger partial charge >= 0.3 is 0 Å². The molecule has 2 aliphatic heterocycles. The van der Waals surface area contributed by atoms with E-state index >= 15 is 0 Å². The highest BCUT2D eigenvalue weighted by Crippen LogP contribution is 2.34. The summed E-state index contributed by atoms with van der Waals surface area (Å²) >= 11 is 0. The Balaban J connectivity index is 2.15. The van der Waals surface area contributed by atoms with Gasteiger partial charge in [0.2, 0.25) is 0 Å². The zero-order valence-corrected chi connectivity index (χ0v) is 9.76. The maximum absolute atomic E-state index is 11.5. The molecule has 0 aliphatic carbocycles. The minimum Gasteiger partial charge on any atom is -0.300 e. The van der Waals surface area contributed by atoms with Crippen molar-refractivity contribution in [1.82, 2.24) is 4.90 Å². The molecule has 2 bridgehead atoms. The summed E-state index contributed by atoms with van der Waals surface area (Å²) in [4.78, 5) is 2.39. The first kappa shape index (κ1) is 10.4. The molecule has 3 nitrogen and oxygen atoms in total.